The van der Waals surface area contributed by atoms with Crippen LogP contribution in [0.4, 0.5) is 20.2 Å². The molecule has 1 amide bonds. The number of nitrogens with zero attached hydrogens (tertiary/aromatic N) is 2. The normalized spacial score (nSPS) is 14.7. The molecule has 2 aromatic carbocycles. The zero-order chi connectivity index (χ0) is 20.5. The van der Waals surface area contributed by atoms with Crippen molar-refractivity contribution in [2.45, 2.75) is 25.9 Å². The van der Waals surface area contributed by atoms with E-state index in [9.17, 15) is 13.6 Å². The Bertz CT molecular complexity index is 828. The fraction of sp³-hybridized carbons (Fsp3) is 0.333. The van der Waals surface area contributed by atoms with Crippen LogP contribution in [-0.2, 0) is 4.79 Å². The molecule has 0 spiro atoms. The monoisotopic (exact) mass is 419 g/mol. The van der Waals surface area contributed by atoms with Gasteiger partial charge in [-0.3, -0.25) is 4.79 Å². The number of benzene rings is 2. The van der Waals surface area contributed by atoms with Crippen molar-refractivity contribution in [1.82, 2.24) is 4.90 Å². The van der Waals surface area contributed by atoms with E-state index < -0.39 is 6.61 Å². The van der Waals surface area contributed by atoms with Gasteiger partial charge < -0.3 is 15.0 Å². The van der Waals surface area contributed by atoms with E-state index in [2.05, 4.69) is 15.0 Å². The van der Waals surface area contributed by atoms with Crippen LogP contribution in [0.5, 0.6) is 5.75 Å². The highest BCUT2D eigenvalue weighted by atomic mass is 32.2. The third kappa shape index (κ3) is 6.74. The number of hydrogen-bond donors (Lipinski definition) is 1. The van der Waals surface area contributed by atoms with Gasteiger partial charge in [-0.2, -0.15) is 8.78 Å². The maximum absolute atomic E-state index is 12.5. The first-order valence-corrected chi connectivity index (χ1v) is 10.5. The Morgan fingerprint density at radius 3 is 2.48 bits per heavy atom. The molecule has 5 nitrogen and oxygen atoms in total. The number of piperidine rings is 1. The number of hydrogen-bond acceptors (Lipinski definition) is 4. The third-order valence-electron chi connectivity index (χ3n) is 4.32. The fourth-order valence-corrected chi connectivity index (χ4v) is 3.84. The molecule has 0 aromatic heterocycles. The number of carbonyl (C=O) groups is 1. The number of amidine groups is 1. The first kappa shape index (κ1) is 21.1. The molecule has 154 valence electrons. The smallest absolute Gasteiger partial charge is 0.387 e. The summed E-state index contributed by atoms with van der Waals surface area (Å²) >= 11 is 1.34. The largest absolute Gasteiger partial charge is 0.433 e. The Morgan fingerprint density at radius 2 is 1.76 bits per heavy atom. The molecule has 0 bridgehead atoms. The summed E-state index contributed by atoms with van der Waals surface area (Å²) in [5.41, 5.74) is 1.05. The lowest BCUT2D eigenvalue weighted by atomic mass is 10.1. The first-order valence-electron chi connectivity index (χ1n) is 9.47. The first-order chi connectivity index (χ1) is 14.1. The summed E-state index contributed by atoms with van der Waals surface area (Å²) in [6.07, 6.45) is 3.39. The quantitative estimate of drug-likeness (QED) is 0.521. The molecular formula is C21H23F2N3O2S. The second-order valence-electron chi connectivity index (χ2n) is 6.49. The Morgan fingerprint density at radius 1 is 1.07 bits per heavy atom. The molecule has 0 radical (unpaired) electrons. The van der Waals surface area contributed by atoms with Gasteiger partial charge in [-0.1, -0.05) is 42.1 Å². The van der Waals surface area contributed by atoms with Gasteiger partial charge in [0.2, 0.25) is 5.91 Å². The number of aliphatic imine (C=N–C) groups is 1. The Balaban J connectivity index is 1.66. The van der Waals surface area contributed by atoms with Crippen LogP contribution >= 0.6 is 11.8 Å². The maximum Gasteiger partial charge on any atom is 0.387 e. The SMILES string of the molecule is O=C(CSC(=Nc1ccccc1)N1CCCCC1)Nc1ccccc1OC(F)F. The molecule has 1 N–H and O–H groups in total. The number of ether oxygens (including phenoxy) is 1. The number of halogens is 2. The lowest BCUT2D eigenvalue weighted by molar-refractivity contribution is -0.113. The molecule has 8 heteroatoms. The lowest BCUT2D eigenvalue weighted by Crippen LogP contribution is -2.34. The molecule has 0 aliphatic carbocycles. The van der Waals surface area contributed by atoms with Gasteiger partial charge in [0.25, 0.3) is 0 Å². The van der Waals surface area contributed by atoms with Gasteiger partial charge in [-0.15, -0.1) is 0 Å². The number of thioether (sulfide) groups is 1. The number of rotatable bonds is 6. The molecule has 3 rings (SSSR count). The number of carbonyl (C=O) groups excluding carboxylic acids is 1. The lowest BCUT2D eigenvalue weighted by Gasteiger charge is -2.29. The van der Waals surface area contributed by atoms with Gasteiger partial charge in [-0.05, 0) is 43.5 Å². The van der Waals surface area contributed by atoms with Crippen molar-refractivity contribution >= 4 is 34.2 Å². The highest BCUT2D eigenvalue weighted by Gasteiger charge is 2.18. The van der Waals surface area contributed by atoms with Crippen molar-refractivity contribution in [1.29, 1.82) is 0 Å². The van der Waals surface area contributed by atoms with Crippen molar-refractivity contribution in [2.75, 3.05) is 24.2 Å². The van der Waals surface area contributed by atoms with E-state index in [-0.39, 0.29) is 23.1 Å². The number of para-hydroxylation sites is 3. The van der Waals surface area contributed by atoms with Crippen molar-refractivity contribution in [2.24, 2.45) is 4.99 Å². The number of amides is 1. The minimum absolute atomic E-state index is 0.0601. The van der Waals surface area contributed by atoms with Crippen LogP contribution < -0.4 is 10.1 Å². The summed E-state index contributed by atoms with van der Waals surface area (Å²) in [5, 5.41) is 3.44. The highest BCUT2D eigenvalue weighted by molar-refractivity contribution is 8.14. The van der Waals surface area contributed by atoms with Crippen LogP contribution in [0.1, 0.15) is 19.3 Å². The van der Waals surface area contributed by atoms with Crippen molar-refractivity contribution in [3.63, 3.8) is 0 Å². The highest BCUT2D eigenvalue weighted by Crippen LogP contribution is 2.26. The molecule has 1 heterocycles. The molecule has 0 atom stereocenters. The van der Waals surface area contributed by atoms with E-state index in [1.54, 1.807) is 12.1 Å². The van der Waals surface area contributed by atoms with Crippen LogP contribution in [0.3, 0.4) is 0 Å². The molecular weight excluding hydrogens is 396 g/mol. The van der Waals surface area contributed by atoms with Gasteiger partial charge in [0, 0.05) is 13.1 Å². The van der Waals surface area contributed by atoms with Crippen LogP contribution in [-0.4, -0.2) is 41.4 Å². The summed E-state index contributed by atoms with van der Waals surface area (Å²) < 4.78 is 29.5. The van der Waals surface area contributed by atoms with Crippen LogP contribution in [0.15, 0.2) is 59.6 Å². The maximum atomic E-state index is 12.5. The summed E-state index contributed by atoms with van der Waals surface area (Å²) in [5.74, 6) is -0.251. The van der Waals surface area contributed by atoms with Crippen molar-refractivity contribution < 1.29 is 18.3 Å². The summed E-state index contributed by atoms with van der Waals surface area (Å²) in [7, 11) is 0. The van der Waals surface area contributed by atoms with E-state index in [0.29, 0.717) is 0 Å². The van der Waals surface area contributed by atoms with Crippen LogP contribution in [0.25, 0.3) is 0 Å². The standard InChI is InChI=1S/C21H23F2N3O2S/c22-20(23)28-18-12-6-5-11-17(18)25-19(27)15-29-21(26-13-7-2-8-14-26)24-16-9-3-1-4-10-16/h1,3-6,9-12,20H,2,7-8,13-15H2,(H,25,27). The minimum Gasteiger partial charge on any atom is -0.433 e. The molecule has 1 aliphatic heterocycles. The van der Waals surface area contributed by atoms with E-state index in [4.69, 9.17) is 4.99 Å². The predicted molar refractivity (Wildman–Crippen MR) is 113 cm³/mol. The van der Waals surface area contributed by atoms with Gasteiger partial charge in [-0.25, -0.2) is 4.99 Å². The Kier molecular flexibility index (Phi) is 7.86. The van der Waals surface area contributed by atoms with Gasteiger partial charge >= 0.3 is 6.61 Å². The number of likely N-dealkylation sites (tertiary alicyclic amines) is 1. The molecule has 0 saturated carbocycles. The predicted octanol–water partition coefficient (Wildman–Crippen LogP) is 5.13. The zero-order valence-electron chi connectivity index (χ0n) is 15.9. The summed E-state index contributed by atoms with van der Waals surface area (Å²) in [4.78, 5) is 19.4. The Hall–Kier alpha value is -2.61. The number of anilines is 1. The van der Waals surface area contributed by atoms with Crippen molar-refractivity contribution in [3.8, 4) is 5.75 Å². The van der Waals surface area contributed by atoms with E-state index >= 15 is 0 Å². The second-order valence-corrected chi connectivity index (χ2v) is 7.43. The number of alkyl halides is 2. The fourth-order valence-electron chi connectivity index (χ4n) is 2.98. The third-order valence-corrected chi connectivity index (χ3v) is 5.33. The van der Waals surface area contributed by atoms with E-state index in [0.717, 1.165) is 36.8 Å². The average Bonchev–Trinajstić information content (AvgIpc) is 2.73. The molecule has 1 saturated heterocycles. The zero-order valence-corrected chi connectivity index (χ0v) is 16.7. The second kappa shape index (κ2) is 10.8. The van der Waals surface area contributed by atoms with Crippen LogP contribution in [0.2, 0.25) is 0 Å². The van der Waals surface area contributed by atoms with Crippen molar-refractivity contribution in [3.05, 3.63) is 54.6 Å². The average molecular weight is 419 g/mol. The molecule has 0 unspecified atom stereocenters. The topological polar surface area (TPSA) is 53.9 Å². The minimum atomic E-state index is -2.95. The van der Waals surface area contributed by atoms with Crippen LogP contribution in [0, 0.1) is 0 Å². The summed E-state index contributed by atoms with van der Waals surface area (Å²) in [6.45, 7) is -1.14. The summed E-state index contributed by atoms with van der Waals surface area (Å²) in [6, 6.07) is 15.8. The van der Waals surface area contributed by atoms with Gasteiger partial charge in [0.15, 0.2) is 5.17 Å². The van der Waals surface area contributed by atoms with E-state index in [1.807, 2.05) is 30.3 Å². The molecule has 2 aromatic rings. The molecule has 1 fully saturated rings. The Labute approximate surface area is 173 Å². The number of nitrogens with one attached hydrogen (secondary N) is 1. The van der Waals surface area contributed by atoms with Gasteiger partial charge in [0.1, 0.15) is 5.75 Å². The van der Waals surface area contributed by atoms with Gasteiger partial charge in [0.05, 0.1) is 17.1 Å². The van der Waals surface area contributed by atoms with E-state index in [1.165, 1.54) is 30.3 Å². The molecule has 29 heavy (non-hydrogen) atoms. The molecule has 1 aliphatic rings.